The summed E-state index contributed by atoms with van der Waals surface area (Å²) in [6.45, 7) is 8.59. The maximum absolute atomic E-state index is 11.1. The molecule has 13 heavy (non-hydrogen) atoms. The molecule has 0 aliphatic carbocycles. The number of rotatable bonds is 1. The van der Waals surface area contributed by atoms with Crippen molar-refractivity contribution in [2.45, 2.75) is 27.2 Å². The van der Waals surface area contributed by atoms with E-state index >= 15 is 0 Å². The van der Waals surface area contributed by atoms with Crippen molar-refractivity contribution in [2.24, 2.45) is 11.3 Å². The van der Waals surface area contributed by atoms with Crippen LogP contribution in [-0.4, -0.2) is 31.1 Å². The number of nitrogens with one attached hydrogen (secondary N) is 1. The first-order valence-corrected chi connectivity index (χ1v) is 4.89. The smallest absolute Gasteiger partial charge is 0.317 e. The van der Waals surface area contributed by atoms with E-state index in [1.54, 1.807) is 7.05 Å². The molecular weight excluding hydrogens is 164 g/mol. The lowest BCUT2D eigenvalue weighted by Crippen LogP contribution is -2.53. The molecule has 0 aromatic rings. The summed E-state index contributed by atoms with van der Waals surface area (Å²) in [4.78, 5) is 13.0. The van der Waals surface area contributed by atoms with Crippen LogP contribution < -0.4 is 5.32 Å². The van der Waals surface area contributed by atoms with Crippen LogP contribution >= 0.6 is 0 Å². The van der Waals surface area contributed by atoms with E-state index in [0.717, 1.165) is 13.1 Å². The van der Waals surface area contributed by atoms with E-state index in [1.807, 2.05) is 4.90 Å². The second-order valence-electron chi connectivity index (χ2n) is 5.09. The Morgan fingerprint density at radius 3 is 2.38 bits per heavy atom. The minimum atomic E-state index is 0.0603. The zero-order valence-corrected chi connectivity index (χ0v) is 9.05. The van der Waals surface area contributed by atoms with Gasteiger partial charge in [-0.3, -0.25) is 0 Å². The van der Waals surface area contributed by atoms with Crippen molar-refractivity contribution in [3.63, 3.8) is 0 Å². The van der Waals surface area contributed by atoms with Crippen LogP contribution in [0.5, 0.6) is 0 Å². The average molecular weight is 184 g/mol. The van der Waals surface area contributed by atoms with Crippen LogP contribution in [0, 0.1) is 11.3 Å². The fourth-order valence-corrected chi connectivity index (χ4v) is 1.89. The molecule has 1 N–H and O–H groups in total. The van der Waals surface area contributed by atoms with E-state index in [-0.39, 0.29) is 6.03 Å². The third-order valence-electron chi connectivity index (χ3n) is 2.36. The third kappa shape index (κ3) is 2.90. The summed E-state index contributed by atoms with van der Waals surface area (Å²) >= 11 is 0. The largest absolute Gasteiger partial charge is 0.341 e. The molecule has 1 heterocycles. The Morgan fingerprint density at radius 1 is 1.46 bits per heavy atom. The lowest BCUT2D eigenvalue weighted by Gasteiger charge is -2.41. The second kappa shape index (κ2) is 3.56. The van der Waals surface area contributed by atoms with Crippen LogP contribution in [0.25, 0.3) is 0 Å². The van der Waals surface area contributed by atoms with Gasteiger partial charge in [0.1, 0.15) is 0 Å². The van der Waals surface area contributed by atoms with E-state index < -0.39 is 0 Å². The Kier molecular flexibility index (Phi) is 2.84. The molecule has 1 rings (SSSR count). The Bertz CT molecular complexity index is 190. The zero-order chi connectivity index (χ0) is 10.1. The van der Waals surface area contributed by atoms with Crippen molar-refractivity contribution in [3.8, 4) is 0 Å². The number of carbonyl (C=O) groups is 1. The molecule has 0 unspecified atom stereocenters. The summed E-state index contributed by atoms with van der Waals surface area (Å²) in [5, 5.41) is 2.64. The normalized spacial score (nSPS) is 18.3. The highest BCUT2D eigenvalue weighted by Gasteiger charge is 2.32. The molecule has 1 fully saturated rings. The van der Waals surface area contributed by atoms with Crippen LogP contribution in [0.15, 0.2) is 0 Å². The number of carbonyl (C=O) groups excluding carboxylic acids is 1. The maximum atomic E-state index is 11.1. The van der Waals surface area contributed by atoms with Crippen LogP contribution in [0.2, 0.25) is 0 Å². The Morgan fingerprint density at radius 2 is 2.00 bits per heavy atom. The molecule has 0 aromatic carbocycles. The molecule has 1 aliphatic rings. The number of nitrogens with zero attached hydrogens (tertiary/aromatic N) is 1. The van der Waals surface area contributed by atoms with Gasteiger partial charge < -0.3 is 10.2 Å². The lowest BCUT2D eigenvalue weighted by atomic mass is 9.81. The maximum Gasteiger partial charge on any atom is 0.317 e. The topological polar surface area (TPSA) is 32.3 Å². The van der Waals surface area contributed by atoms with E-state index in [4.69, 9.17) is 0 Å². The van der Waals surface area contributed by atoms with Gasteiger partial charge in [-0.05, 0) is 17.8 Å². The standard InChI is InChI=1S/C10H20N2O/c1-10(2,3)5-8-6-12(7-8)9(13)11-4/h8H,5-7H2,1-4H3,(H,11,13). The van der Waals surface area contributed by atoms with E-state index in [1.165, 1.54) is 6.42 Å². The predicted octanol–water partition coefficient (Wildman–Crippen LogP) is 1.69. The number of likely N-dealkylation sites (tertiary alicyclic amines) is 1. The zero-order valence-electron chi connectivity index (χ0n) is 9.05. The first kappa shape index (κ1) is 10.4. The molecule has 0 saturated carbocycles. The molecule has 0 bridgehead atoms. The Balaban J connectivity index is 2.22. The highest BCUT2D eigenvalue weighted by molar-refractivity contribution is 5.74. The Labute approximate surface area is 80.5 Å². The summed E-state index contributed by atoms with van der Waals surface area (Å²) in [5.74, 6) is 0.706. The van der Waals surface area contributed by atoms with Gasteiger partial charge in [-0.15, -0.1) is 0 Å². The highest BCUT2D eigenvalue weighted by atomic mass is 16.2. The molecule has 0 spiro atoms. The molecule has 2 amide bonds. The summed E-state index contributed by atoms with van der Waals surface area (Å²) < 4.78 is 0. The van der Waals surface area contributed by atoms with Crippen LogP contribution in [0.4, 0.5) is 4.79 Å². The monoisotopic (exact) mass is 184 g/mol. The van der Waals surface area contributed by atoms with Gasteiger partial charge in [-0.25, -0.2) is 4.79 Å². The van der Waals surface area contributed by atoms with Crippen molar-refractivity contribution in [1.29, 1.82) is 0 Å². The molecule has 3 heteroatoms. The van der Waals surface area contributed by atoms with Gasteiger partial charge in [0.05, 0.1) is 0 Å². The van der Waals surface area contributed by atoms with Gasteiger partial charge >= 0.3 is 6.03 Å². The van der Waals surface area contributed by atoms with Crippen molar-refractivity contribution in [1.82, 2.24) is 10.2 Å². The van der Waals surface area contributed by atoms with Crippen LogP contribution in [0.1, 0.15) is 27.2 Å². The molecule has 76 valence electrons. The summed E-state index contributed by atoms with van der Waals surface area (Å²) in [5.41, 5.74) is 0.388. The third-order valence-corrected chi connectivity index (χ3v) is 2.36. The number of amides is 2. The van der Waals surface area contributed by atoms with E-state index in [0.29, 0.717) is 11.3 Å². The lowest BCUT2D eigenvalue weighted by molar-refractivity contribution is 0.0942. The summed E-state index contributed by atoms with van der Waals surface area (Å²) in [6.07, 6.45) is 1.21. The van der Waals surface area contributed by atoms with Crippen molar-refractivity contribution < 1.29 is 4.79 Å². The van der Waals surface area contributed by atoms with Crippen LogP contribution in [-0.2, 0) is 0 Å². The predicted molar refractivity (Wildman–Crippen MR) is 53.6 cm³/mol. The van der Waals surface area contributed by atoms with Crippen LogP contribution in [0.3, 0.4) is 0 Å². The minimum Gasteiger partial charge on any atom is -0.341 e. The average Bonchev–Trinajstić information content (AvgIpc) is 1.92. The van der Waals surface area contributed by atoms with Gasteiger partial charge in [-0.2, -0.15) is 0 Å². The van der Waals surface area contributed by atoms with Crippen molar-refractivity contribution >= 4 is 6.03 Å². The molecule has 0 radical (unpaired) electrons. The Hall–Kier alpha value is -0.730. The molecule has 1 aliphatic heterocycles. The van der Waals surface area contributed by atoms with Gasteiger partial charge in [0.25, 0.3) is 0 Å². The molecular formula is C10H20N2O. The van der Waals surface area contributed by atoms with E-state index in [9.17, 15) is 4.79 Å². The molecule has 1 saturated heterocycles. The van der Waals surface area contributed by atoms with Crippen molar-refractivity contribution in [2.75, 3.05) is 20.1 Å². The molecule has 0 aromatic heterocycles. The van der Waals surface area contributed by atoms with Gasteiger partial charge in [0.15, 0.2) is 0 Å². The number of hydrogen-bond donors (Lipinski definition) is 1. The second-order valence-corrected chi connectivity index (χ2v) is 5.09. The number of urea groups is 1. The van der Waals surface area contributed by atoms with Crippen molar-refractivity contribution in [3.05, 3.63) is 0 Å². The molecule has 0 atom stereocenters. The van der Waals surface area contributed by atoms with Gasteiger partial charge in [0, 0.05) is 20.1 Å². The van der Waals surface area contributed by atoms with E-state index in [2.05, 4.69) is 26.1 Å². The quantitative estimate of drug-likeness (QED) is 0.661. The first-order valence-electron chi connectivity index (χ1n) is 4.89. The highest BCUT2D eigenvalue weighted by Crippen LogP contribution is 2.29. The number of hydrogen-bond acceptors (Lipinski definition) is 1. The summed E-state index contributed by atoms with van der Waals surface area (Å²) in [6, 6.07) is 0.0603. The first-order chi connectivity index (χ1) is 5.92. The minimum absolute atomic E-state index is 0.0603. The van der Waals surface area contributed by atoms with Gasteiger partial charge in [0.2, 0.25) is 0 Å². The SMILES string of the molecule is CNC(=O)N1CC(CC(C)(C)C)C1. The molecule has 3 nitrogen and oxygen atoms in total. The fraction of sp³-hybridized carbons (Fsp3) is 0.900. The fourth-order valence-electron chi connectivity index (χ4n) is 1.89. The van der Waals surface area contributed by atoms with Gasteiger partial charge in [-0.1, -0.05) is 20.8 Å². The summed E-state index contributed by atoms with van der Waals surface area (Å²) in [7, 11) is 1.68.